The lowest BCUT2D eigenvalue weighted by molar-refractivity contribution is -0.134. The third kappa shape index (κ3) is 4.45. The number of rotatable bonds is 6. The normalized spacial score (nSPS) is 14.2. The van der Waals surface area contributed by atoms with Crippen LogP contribution in [0.15, 0.2) is 48.8 Å². The smallest absolute Gasteiger partial charge is 0.260 e. The molecular weight excluding hydrogens is 380 g/mol. The van der Waals surface area contributed by atoms with E-state index in [0.29, 0.717) is 37.5 Å². The van der Waals surface area contributed by atoms with E-state index >= 15 is 0 Å². The summed E-state index contributed by atoms with van der Waals surface area (Å²) in [5.74, 6) is 0.617. The van der Waals surface area contributed by atoms with Crippen LogP contribution in [0.4, 0.5) is 0 Å². The van der Waals surface area contributed by atoms with Gasteiger partial charge in [0, 0.05) is 31.7 Å². The van der Waals surface area contributed by atoms with Gasteiger partial charge in [0.05, 0.1) is 17.4 Å². The molecule has 3 aromatic rings. The highest BCUT2D eigenvalue weighted by molar-refractivity contribution is 5.97. The zero-order valence-electron chi connectivity index (χ0n) is 17.1. The maximum Gasteiger partial charge on any atom is 0.260 e. The predicted molar refractivity (Wildman–Crippen MR) is 115 cm³/mol. The average Bonchev–Trinajstić information content (AvgIpc) is 3.26. The molecule has 4 rings (SSSR count). The number of H-pyrrole nitrogens is 1. The summed E-state index contributed by atoms with van der Waals surface area (Å²) in [5, 5.41) is 0. The minimum Gasteiger partial charge on any atom is -0.484 e. The molecule has 1 aliphatic heterocycles. The number of carbonyl (C=O) groups excluding carboxylic acids is 2. The summed E-state index contributed by atoms with van der Waals surface area (Å²) in [6.07, 6.45) is 3.76. The van der Waals surface area contributed by atoms with E-state index in [0.717, 1.165) is 23.9 Å². The Morgan fingerprint density at radius 1 is 1.03 bits per heavy atom. The Kier molecular flexibility index (Phi) is 5.97. The molecule has 7 heteroatoms. The molecule has 1 aliphatic rings. The molecule has 2 amide bonds. The number of imidazole rings is 1. The Balaban J connectivity index is 1.27. The molecule has 1 saturated heterocycles. The van der Waals surface area contributed by atoms with Crippen molar-refractivity contribution in [3.8, 4) is 5.75 Å². The van der Waals surface area contributed by atoms with E-state index < -0.39 is 0 Å². The number of ether oxygens (including phenoxy) is 1. The zero-order chi connectivity index (χ0) is 20.9. The minimum atomic E-state index is -0.0568. The monoisotopic (exact) mass is 406 g/mol. The summed E-state index contributed by atoms with van der Waals surface area (Å²) in [6.45, 7) is 4.20. The Morgan fingerprint density at radius 2 is 1.77 bits per heavy atom. The molecule has 0 aliphatic carbocycles. The first kappa shape index (κ1) is 19.9. The highest BCUT2D eigenvalue weighted by atomic mass is 16.5. The number of aryl methyl sites for hydroxylation is 1. The third-order valence-electron chi connectivity index (χ3n) is 5.41. The molecule has 2 aromatic carbocycles. The highest BCUT2D eigenvalue weighted by Crippen LogP contribution is 2.16. The molecule has 156 valence electrons. The number of hydrogen-bond donors (Lipinski definition) is 1. The van der Waals surface area contributed by atoms with Gasteiger partial charge in [0.25, 0.3) is 11.8 Å². The molecule has 0 atom stereocenters. The van der Waals surface area contributed by atoms with Crippen molar-refractivity contribution in [2.45, 2.75) is 19.8 Å². The number of piperazine rings is 1. The van der Waals surface area contributed by atoms with E-state index in [1.54, 1.807) is 22.2 Å². The lowest BCUT2D eigenvalue weighted by Crippen LogP contribution is -2.51. The van der Waals surface area contributed by atoms with Gasteiger partial charge < -0.3 is 19.5 Å². The molecule has 0 radical (unpaired) electrons. The SMILES string of the molecule is CCCc1ccc(OCC(=O)N2CCN(C(=O)c3ccc4nc[nH]c4c3)CC2)cc1. The number of nitrogens with one attached hydrogen (secondary N) is 1. The molecule has 1 fully saturated rings. The van der Waals surface area contributed by atoms with E-state index in [1.165, 1.54) is 5.56 Å². The number of aromatic nitrogens is 2. The lowest BCUT2D eigenvalue weighted by Gasteiger charge is -2.34. The molecule has 0 bridgehead atoms. The maximum absolute atomic E-state index is 12.8. The number of amides is 2. The van der Waals surface area contributed by atoms with Crippen LogP contribution in [0, 0.1) is 0 Å². The summed E-state index contributed by atoms with van der Waals surface area (Å²) in [5.41, 5.74) is 3.57. The Bertz CT molecular complexity index is 1020. The minimum absolute atomic E-state index is 0.0115. The van der Waals surface area contributed by atoms with Gasteiger partial charge in [-0.15, -0.1) is 0 Å². The first-order valence-corrected chi connectivity index (χ1v) is 10.4. The van der Waals surface area contributed by atoms with Crippen LogP contribution in [-0.4, -0.2) is 64.4 Å². The quantitative estimate of drug-likeness (QED) is 0.683. The van der Waals surface area contributed by atoms with E-state index in [4.69, 9.17) is 4.74 Å². The van der Waals surface area contributed by atoms with Crippen molar-refractivity contribution in [2.75, 3.05) is 32.8 Å². The Hall–Kier alpha value is -3.35. The molecule has 0 spiro atoms. The summed E-state index contributed by atoms with van der Waals surface area (Å²) < 4.78 is 5.65. The predicted octanol–water partition coefficient (Wildman–Crippen LogP) is 2.88. The molecule has 1 aromatic heterocycles. The molecule has 0 unspecified atom stereocenters. The van der Waals surface area contributed by atoms with Crippen molar-refractivity contribution in [1.29, 1.82) is 0 Å². The fourth-order valence-electron chi connectivity index (χ4n) is 3.69. The first-order chi connectivity index (χ1) is 14.6. The Morgan fingerprint density at radius 3 is 2.50 bits per heavy atom. The molecular formula is C23H26N4O3. The third-order valence-corrected chi connectivity index (χ3v) is 5.41. The van der Waals surface area contributed by atoms with E-state index in [2.05, 4.69) is 16.9 Å². The standard InChI is InChI=1S/C23H26N4O3/c1-2-3-17-4-7-19(8-5-17)30-15-22(28)26-10-12-27(13-11-26)23(29)18-6-9-20-21(14-18)25-16-24-20/h4-9,14,16H,2-3,10-13,15H2,1H3,(H,24,25). The van der Waals surface area contributed by atoms with Crippen LogP contribution in [0.1, 0.15) is 29.3 Å². The second-order valence-corrected chi connectivity index (χ2v) is 7.49. The summed E-state index contributed by atoms with van der Waals surface area (Å²) in [6, 6.07) is 13.3. The number of benzene rings is 2. The maximum atomic E-state index is 12.8. The van der Waals surface area contributed by atoms with Crippen LogP contribution in [0.3, 0.4) is 0 Å². The van der Waals surface area contributed by atoms with Crippen LogP contribution >= 0.6 is 0 Å². The van der Waals surface area contributed by atoms with Gasteiger partial charge in [0.15, 0.2) is 6.61 Å². The van der Waals surface area contributed by atoms with Gasteiger partial charge in [-0.3, -0.25) is 9.59 Å². The van der Waals surface area contributed by atoms with Gasteiger partial charge in [0.2, 0.25) is 0 Å². The van der Waals surface area contributed by atoms with E-state index in [9.17, 15) is 9.59 Å². The van der Waals surface area contributed by atoms with E-state index in [1.807, 2.05) is 36.4 Å². The zero-order valence-corrected chi connectivity index (χ0v) is 17.1. The van der Waals surface area contributed by atoms with E-state index in [-0.39, 0.29) is 18.4 Å². The highest BCUT2D eigenvalue weighted by Gasteiger charge is 2.25. The number of aromatic amines is 1. The van der Waals surface area contributed by atoms with Crippen LogP contribution in [0.25, 0.3) is 11.0 Å². The molecule has 2 heterocycles. The summed E-state index contributed by atoms with van der Waals surface area (Å²) >= 11 is 0. The second kappa shape index (κ2) is 8.98. The summed E-state index contributed by atoms with van der Waals surface area (Å²) in [4.78, 5) is 36.0. The number of nitrogens with zero attached hydrogens (tertiary/aromatic N) is 3. The molecule has 1 N–H and O–H groups in total. The molecule has 7 nitrogen and oxygen atoms in total. The number of hydrogen-bond acceptors (Lipinski definition) is 4. The van der Waals surface area contributed by atoms with Crippen LogP contribution in [-0.2, 0) is 11.2 Å². The largest absolute Gasteiger partial charge is 0.484 e. The van der Waals surface area contributed by atoms with Gasteiger partial charge >= 0.3 is 0 Å². The van der Waals surface area contributed by atoms with Crippen molar-refractivity contribution < 1.29 is 14.3 Å². The molecule has 30 heavy (non-hydrogen) atoms. The van der Waals surface area contributed by atoms with Crippen LogP contribution in [0.5, 0.6) is 5.75 Å². The van der Waals surface area contributed by atoms with Gasteiger partial charge in [-0.05, 0) is 42.3 Å². The van der Waals surface area contributed by atoms with Crippen molar-refractivity contribution >= 4 is 22.8 Å². The van der Waals surface area contributed by atoms with Crippen molar-refractivity contribution in [1.82, 2.24) is 19.8 Å². The number of carbonyl (C=O) groups is 2. The molecule has 0 saturated carbocycles. The summed E-state index contributed by atoms with van der Waals surface area (Å²) in [7, 11) is 0. The van der Waals surface area contributed by atoms with Gasteiger partial charge in [0.1, 0.15) is 5.75 Å². The Labute approximate surface area is 175 Å². The van der Waals surface area contributed by atoms with Crippen LogP contribution in [0.2, 0.25) is 0 Å². The number of fused-ring (bicyclic) bond motifs is 1. The fraction of sp³-hybridized carbons (Fsp3) is 0.348. The van der Waals surface area contributed by atoms with Crippen LogP contribution < -0.4 is 4.74 Å². The second-order valence-electron chi connectivity index (χ2n) is 7.49. The van der Waals surface area contributed by atoms with Gasteiger partial charge in [-0.2, -0.15) is 0 Å². The van der Waals surface area contributed by atoms with Gasteiger partial charge in [-0.25, -0.2) is 4.98 Å². The lowest BCUT2D eigenvalue weighted by atomic mass is 10.1. The van der Waals surface area contributed by atoms with Crippen molar-refractivity contribution in [2.24, 2.45) is 0 Å². The topological polar surface area (TPSA) is 78.5 Å². The van der Waals surface area contributed by atoms with Crippen molar-refractivity contribution in [3.63, 3.8) is 0 Å². The van der Waals surface area contributed by atoms with Crippen molar-refractivity contribution in [3.05, 3.63) is 59.9 Å². The van der Waals surface area contributed by atoms with Gasteiger partial charge in [-0.1, -0.05) is 25.5 Å². The average molecular weight is 406 g/mol. The first-order valence-electron chi connectivity index (χ1n) is 10.4. The fourth-order valence-corrected chi connectivity index (χ4v) is 3.69.